The maximum Gasteiger partial charge on any atom is 0.217 e. The summed E-state index contributed by atoms with van der Waals surface area (Å²) in [6.45, 7) is 12.4. The standard InChI is InChI=1S/C17H27NO3/c1-16(2,3)12-9-11(7-8-14(18)19)10-13(15(12)21-20)17(4,5)6/h9-10,20H,7-8H2,1-6H3,(H2,18,19). The van der Waals surface area contributed by atoms with Gasteiger partial charge in [0.1, 0.15) is 0 Å². The van der Waals surface area contributed by atoms with Gasteiger partial charge >= 0.3 is 0 Å². The quantitative estimate of drug-likeness (QED) is 0.658. The largest absolute Gasteiger partial charge is 0.370 e. The molecule has 0 bridgehead atoms. The van der Waals surface area contributed by atoms with Crippen LogP contribution in [0.5, 0.6) is 5.75 Å². The molecule has 0 unspecified atom stereocenters. The van der Waals surface area contributed by atoms with Crippen molar-refractivity contribution >= 4 is 5.91 Å². The molecular formula is C17H27NO3. The summed E-state index contributed by atoms with van der Waals surface area (Å²) < 4.78 is 0. The van der Waals surface area contributed by atoms with E-state index >= 15 is 0 Å². The lowest BCUT2D eigenvalue weighted by Gasteiger charge is -2.28. The van der Waals surface area contributed by atoms with Gasteiger partial charge in [0.05, 0.1) is 0 Å². The zero-order valence-corrected chi connectivity index (χ0v) is 13.9. The number of carbonyl (C=O) groups excluding carboxylic acids is 1. The fourth-order valence-corrected chi connectivity index (χ4v) is 2.31. The van der Waals surface area contributed by atoms with Crippen LogP contribution in [0.1, 0.15) is 64.7 Å². The molecule has 0 aliphatic heterocycles. The van der Waals surface area contributed by atoms with E-state index in [4.69, 9.17) is 10.6 Å². The van der Waals surface area contributed by atoms with Crippen LogP contribution in [0.4, 0.5) is 0 Å². The molecule has 1 amide bonds. The highest BCUT2D eigenvalue weighted by Gasteiger charge is 2.28. The second kappa shape index (κ2) is 6.06. The average Bonchev–Trinajstić information content (AvgIpc) is 2.32. The molecule has 0 saturated carbocycles. The first kappa shape index (κ1) is 17.5. The van der Waals surface area contributed by atoms with Gasteiger partial charge in [0.15, 0.2) is 5.75 Å². The highest BCUT2D eigenvalue weighted by Crippen LogP contribution is 2.40. The van der Waals surface area contributed by atoms with E-state index in [1.54, 1.807) is 0 Å². The lowest BCUT2D eigenvalue weighted by molar-refractivity contribution is -0.140. The minimum absolute atomic E-state index is 0.180. The number of aryl methyl sites for hydroxylation is 1. The van der Waals surface area contributed by atoms with Gasteiger partial charge in [-0.25, -0.2) is 5.26 Å². The molecule has 0 aliphatic rings. The van der Waals surface area contributed by atoms with E-state index in [0.717, 1.165) is 16.7 Å². The van der Waals surface area contributed by atoms with Gasteiger partial charge in [-0.3, -0.25) is 4.79 Å². The summed E-state index contributed by atoms with van der Waals surface area (Å²) in [7, 11) is 0. The van der Waals surface area contributed by atoms with Crippen molar-refractivity contribution in [3.8, 4) is 5.75 Å². The predicted octanol–water partition coefficient (Wildman–Crippen LogP) is 3.55. The van der Waals surface area contributed by atoms with Crippen molar-refractivity contribution in [1.82, 2.24) is 0 Å². The first-order chi connectivity index (χ1) is 9.46. The van der Waals surface area contributed by atoms with E-state index < -0.39 is 0 Å². The number of nitrogens with two attached hydrogens (primary N) is 1. The highest BCUT2D eigenvalue weighted by molar-refractivity contribution is 5.74. The van der Waals surface area contributed by atoms with Gasteiger partial charge in [-0.1, -0.05) is 53.7 Å². The molecule has 0 heterocycles. The van der Waals surface area contributed by atoms with Gasteiger partial charge in [-0.15, -0.1) is 0 Å². The Morgan fingerprint density at radius 2 is 1.52 bits per heavy atom. The smallest absolute Gasteiger partial charge is 0.217 e. The highest BCUT2D eigenvalue weighted by atomic mass is 17.1. The minimum Gasteiger partial charge on any atom is -0.370 e. The molecule has 118 valence electrons. The molecule has 4 nitrogen and oxygen atoms in total. The summed E-state index contributed by atoms with van der Waals surface area (Å²) in [5.74, 6) is 0.199. The van der Waals surface area contributed by atoms with E-state index in [0.29, 0.717) is 18.6 Å². The van der Waals surface area contributed by atoms with Gasteiger partial charge < -0.3 is 10.6 Å². The Morgan fingerprint density at radius 3 is 1.81 bits per heavy atom. The third-order valence-electron chi connectivity index (χ3n) is 3.52. The van der Waals surface area contributed by atoms with Crippen molar-refractivity contribution in [3.05, 3.63) is 28.8 Å². The molecule has 21 heavy (non-hydrogen) atoms. The molecule has 1 rings (SSSR count). The topological polar surface area (TPSA) is 72.6 Å². The van der Waals surface area contributed by atoms with Crippen molar-refractivity contribution in [3.63, 3.8) is 0 Å². The molecule has 1 aromatic rings. The van der Waals surface area contributed by atoms with Crippen molar-refractivity contribution < 1.29 is 14.9 Å². The zero-order valence-electron chi connectivity index (χ0n) is 13.9. The van der Waals surface area contributed by atoms with Crippen LogP contribution in [0.15, 0.2) is 12.1 Å². The van der Waals surface area contributed by atoms with E-state index in [-0.39, 0.29) is 16.7 Å². The summed E-state index contributed by atoms with van der Waals surface area (Å²) in [6, 6.07) is 3.98. The average molecular weight is 293 g/mol. The summed E-state index contributed by atoms with van der Waals surface area (Å²) in [5.41, 5.74) is 7.77. The number of carbonyl (C=O) groups is 1. The monoisotopic (exact) mass is 293 g/mol. The van der Waals surface area contributed by atoms with Crippen LogP contribution in [0.2, 0.25) is 0 Å². The van der Waals surface area contributed by atoms with Crippen molar-refractivity contribution in [2.24, 2.45) is 5.73 Å². The Bertz CT molecular complexity index is 487. The Hall–Kier alpha value is -1.55. The third kappa shape index (κ3) is 4.46. The molecule has 0 aromatic heterocycles. The number of rotatable bonds is 4. The van der Waals surface area contributed by atoms with Gasteiger partial charge in [-0.05, 0) is 22.8 Å². The molecule has 0 fully saturated rings. The van der Waals surface area contributed by atoms with Crippen LogP contribution < -0.4 is 10.6 Å². The maximum atomic E-state index is 11.0. The number of amides is 1. The summed E-state index contributed by atoms with van der Waals surface area (Å²) in [4.78, 5) is 15.7. The number of primary amides is 1. The molecule has 0 saturated heterocycles. The second-order valence-electron chi connectivity index (χ2n) is 7.58. The molecule has 0 radical (unpaired) electrons. The Kier molecular flexibility index (Phi) is 5.05. The third-order valence-corrected chi connectivity index (χ3v) is 3.52. The predicted molar refractivity (Wildman–Crippen MR) is 84.6 cm³/mol. The van der Waals surface area contributed by atoms with Crippen molar-refractivity contribution in [1.29, 1.82) is 0 Å². The van der Waals surface area contributed by atoms with Gasteiger partial charge in [0, 0.05) is 17.5 Å². The van der Waals surface area contributed by atoms with Gasteiger partial charge in [0.2, 0.25) is 5.91 Å². The van der Waals surface area contributed by atoms with E-state index in [9.17, 15) is 10.1 Å². The number of hydrogen-bond donors (Lipinski definition) is 2. The van der Waals surface area contributed by atoms with Crippen LogP contribution in [0.25, 0.3) is 0 Å². The summed E-state index contributed by atoms with van der Waals surface area (Å²) >= 11 is 0. The van der Waals surface area contributed by atoms with Crippen LogP contribution in [-0.2, 0) is 22.0 Å². The van der Waals surface area contributed by atoms with Crippen molar-refractivity contribution in [2.75, 3.05) is 0 Å². The molecule has 0 aliphatic carbocycles. The number of benzene rings is 1. The molecule has 4 heteroatoms. The Balaban J connectivity index is 3.47. The van der Waals surface area contributed by atoms with Crippen LogP contribution in [0.3, 0.4) is 0 Å². The normalized spacial score (nSPS) is 12.3. The van der Waals surface area contributed by atoms with E-state index in [2.05, 4.69) is 41.5 Å². The molecule has 3 N–H and O–H groups in total. The van der Waals surface area contributed by atoms with E-state index in [1.807, 2.05) is 12.1 Å². The van der Waals surface area contributed by atoms with Gasteiger partial charge in [-0.2, -0.15) is 0 Å². The molecule has 1 aromatic carbocycles. The SMILES string of the molecule is CC(C)(C)c1cc(CCC(N)=O)cc(C(C)(C)C)c1OO. The zero-order chi connectivity index (χ0) is 16.4. The van der Waals surface area contributed by atoms with Crippen LogP contribution >= 0.6 is 0 Å². The first-order valence-corrected chi connectivity index (χ1v) is 7.24. The second-order valence-corrected chi connectivity index (χ2v) is 7.58. The van der Waals surface area contributed by atoms with Crippen LogP contribution in [0, 0.1) is 0 Å². The fraction of sp³-hybridized carbons (Fsp3) is 0.588. The lowest BCUT2D eigenvalue weighted by Crippen LogP contribution is -2.20. The summed E-state index contributed by atoms with van der Waals surface area (Å²) in [6.07, 6.45) is 0.902. The Labute approximate surface area is 127 Å². The van der Waals surface area contributed by atoms with Gasteiger partial charge in [0.25, 0.3) is 0 Å². The summed E-state index contributed by atoms with van der Waals surface area (Å²) in [5, 5.41) is 9.36. The molecule has 0 atom stereocenters. The first-order valence-electron chi connectivity index (χ1n) is 7.24. The maximum absolute atomic E-state index is 11.0. The molecular weight excluding hydrogens is 266 g/mol. The lowest BCUT2D eigenvalue weighted by atomic mass is 9.78. The minimum atomic E-state index is -0.313. The molecule has 0 spiro atoms. The number of hydrogen-bond acceptors (Lipinski definition) is 3. The van der Waals surface area contributed by atoms with Crippen LogP contribution in [-0.4, -0.2) is 11.2 Å². The fourth-order valence-electron chi connectivity index (χ4n) is 2.31. The van der Waals surface area contributed by atoms with Crippen molar-refractivity contribution in [2.45, 2.75) is 65.2 Å². The van der Waals surface area contributed by atoms with E-state index in [1.165, 1.54) is 0 Å². The Morgan fingerprint density at radius 1 is 1.10 bits per heavy atom.